The van der Waals surface area contributed by atoms with E-state index in [4.69, 9.17) is 16.3 Å². The van der Waals surface area contributed by atoms with Gasteiger partial charge in [0, 0.05) is 27.2 Å². The van der Waals surface area contributed by atoms with Crippen molar-refractivity contribution in [3.05, 3.63) is 57.1 Å². The summed E-state index contributed by atoms with van der Waals surface area (Å²) in [5, 5.41) is 15.9. The number of anilines is 2. The van der Waals surface area contributed by atoms with E-state index in [0.717, 1.165) is 4.90 Å². The molecule has 2 aromatic carbocycles. The number of esters is 1. The van der Waals surface area contributed by atoms with Crippen molar-refractivity contribution in [2.24, 2.45) is 0 Å². The lowest BCUT2D eigenvalue weighted by atomic mass is 10.2. The quantitative estimate of drug-likeness (QED) is 0.392. The van der Waals surface area contributed by atoms with Gasteiger partial charge in [-0.25, -0.2) is 0 Å². The predicted molar refractivity (Wildman–Crippen MR) is 112 cm³/mol. The molecule has 2 amide bonds. The smallest absolute Gasteiger partial charge is 0.307 e. The average molecular weight is 450 g/mol. The van der Waals surface area contributed by atoms with Crippen LogP contribution in [-0.2, 0) is 19.1 Å². The number of aryl methyl sites for hydroxylation is 1. The van der Waals surface area contributed by atoms with Crippen LogP contribution in [-0.4, -0.2) is 34.6 Å². The molecule has 1 aliphatic rings. The van der Waals surface area contributed by atoms with Gasteiger partial charge in [-0.1, -0.05) is 17.7 Å². The Morgan fingerprint density at radius 2 is 2.07 bits per heavy atom. The summed E-state index contributed by atoms with van der Waals surface area (Å²) >= 11 is 7.11. The highest BCUT2D eigenvalue weighted by molar-refractivity contribution is 8.01. The molecule has 156 valence electrons. The number of rotatable bonds is 6. The Morgan fingerprint density at radius 1 is 1.30 bits per heavy atom. The molecule has 11 heteroatoms. The second-order valence-corrected chi connectivity index (χ2v) is 8.09. The third-order valence-corrected chi connectivity index (χ3v) is 5.68. The molecule has 0 saturated heterocycles. The van der Waals surface area contributed by atoms with Crippen LogP contribution in [0.5, 0.6) is 0 Å². The molecule has 0 radical (unpaired) electrons. The van der Waals surface area contributed by atoms with Gasteiger partial charge >= 0.3 is 5.97 Å². The molecule has 0 spiro atoms. The monoisotopic (exact) mass is 449 g/mol. The Labute approximate surface area is 180 Å². The van der Waals surface area contributed by atoms with E-state index in [9.17, 15) is 24.5 Å². The van der Waals surface area contributed by atoms with E-state index in [1.807, 2.05) is 0 Å². The van der Waals surface area contributed by atoms with Crippen molar-refractivity contribution in [3.8, 4) is 0 Å². The van der Waals surface area contributed by atoms with Crippen molar-refractivity contribution in [1.29, 1.82) is 0 Å². The van der Waals surface area contributed by atoms with Crippen LogP contribution in [0.25, 0.3) is 0 Å². The Kier molecular flexibility index (Phi) is 6.58. The molecule has 2 N–H and O–H groups in total. The van der Waals surface area contributed by atoms with Crippen molar-refractivity contribution in [1.82, 2.24) is 0 Å². The van der Waals surface area contributed by atoms with Gasteiger partial charge in [0.05, 0.1) is 22.3 Å². The fourth-order valence-electron chi connectivity index (χ4n) is 2.69. The number of carbonyl (C=O) groups is 3. The number of nitro benzene ring substituents is 1. The Hall–Kier alpha value is -3.11. The molecule has 1 heterocycles. The molecule has 9 nitrogen and oxygen atoms in total. The minimum Gasteiger partial charge on any atom is -0.456 e. The van der Waals surface area contributed by atoms with Crippen molar-refractivity contribution in [2.75, 3.05) is 17.2 Å². The first kappa shape index (κ1) is 21.6. The Balaban J connectivity index is 1.51. The summed E-state index contributed by atoms with van der Waals surface area (Å²) in [5.41, 5.74) is 1.11. The first-order valence-electron chi connectivity index (χ1n) is 8.70. The fraction of sp³-hybridized carbons (Fsp3) is 0.211. The highest BCUT2D eigenvalue weighted by Crippen LogP contribution is 2.38. The van der Waals surface area contributed by atoms with Gasteiger partial charge in [-0.15, -0.1) is 11.8 Å². The zero-order chi connectivity index (χ0) is 21.8. The van der Waals surface area contributed by atoms with Gasteiger partial charge in [0.15, 0.2) is 6.61 Å². The highest BCUT2D eigenvalue weighted by atomic mass is 35.5. The lowest BCUT2D eigenvalue weighted by Crippen LogP contribution is -2.32. The van der Waals surface area contributed by atoms with E-state index >= 15 is 0 Å². The van der Waals surface area contributed by atoms with Gasteiger partial charge < -0.3 is 15.4 Å². The van der Waals surface area contributed by atoms with Crippen LogP contribution >= 0.6 is 23.4 Å². The summed E-state index contributed by atoms with van der Waals surface area (Å²) in [6.07, 6.45) is -0.220. The molecule has 1 atom stereocenters. The van der Waals surface area contributed by atoms with Gasteiger partial charge in [0.25, 0.3) is 11.6 Å². The normalized spacial score (nSPS) is 15.0. The maximum absolute atomic E-state index is 12.2. The molecule has 30 heavy (non-hydrogen) atoms. The second-order valence-electron chi connectivity index (χ2n) is 6.41. The second kappa shape index (κ2) is 9.14. The number of hydrogen-bond donors (Lipinski definition) is 2. The topological polar surface area (TPSA) is 128 Å². The Morgan fingerprint density at radius 3 is 2.80 bits per heavy atom. The summed E-state index contributed by atoms with van der Waals surface area (Å²) in [6.45, 7) is 1.00. The standard InChI is InChI=1S/C19H16ClN3O6S/c1-10-2-4-12(7-14(10)23(27)28)21-17(24)9-29-18(25)8-16-19(26)22-13-6-11(20)3-5-15(13)30-16/h2-7,16H,8-9H2,1H3,(H,21,24)(H,22,26). The average Bonchev–Trinajstić information content (AvgIpc) is 2.68. The van der Waals surface area contributed by atoms with E-state index in [-0.39, 0.29) is 23.7 Å². The number of nitrogens with one attached hydrogen (secondary N) is 2. The van der Waals surface area contributed by atoms with Gasteiger partial charge in [-0.05, 0) is 31.2 Å². The van der Waals surface area contributed by atoms with E-state index < -0.39 is 28.7 Å². The molecule has 1 aliphatic heterocycles. The van der Waals surface area contributed by atoms with Gasteiger partial charge in [-0.3, -0.25) is 24.5 Å². The number of thioether (sulfide) groups is 1. The molecule has 0 aliphatic carbocycles. The lowest BCUT2D eigenvalue weighted by molar-refractivity contribution is -0.385. The molecular weight excluding hydrogens is 434 g/mol. The minimum absolute atomic E-state index is 0.133. The number of nitro groups is 1. The van der Waals surface area contributed by atoms with Crippen LogP contribution in [0.2, 0.25) is 5.02 Å². The number of benzene rings is 2. The van der Waals surface area contributed by atoms with E-state index in [2.05, 4.69) is 10.6 Å². The lowest BCUT2D eigenvalue weighted by Gasteiger charge is -2.23. The molecular formula is C19H16ClN3O6S. The SMILES string of the molecule is Cc1ccc(NC(=O)COC(=O)CC2Sc3ccc(Cl)cc3NC2=O)cc1[N+](=O)[O-]. The summed E-state index contributed by atoms with van der Waals surface area (Å²) in [6, 6.07) is 9.28. The summed E-state index contributed by atoms with van der Waals surface area (Å²) in [7, 11) is 0. The van der Waals surface area contributed by atoms with Crippen molar-refractivity contribution >= 4 is 58.2 Å². The largest absolute Gasteiger partial charge is 0.456 e. The molecule has 3 rings (SSSR count). The van der Waals surface area contributed by atoms with Gasteiger partial charge in [0.1, 0.15) is 0 Å². The Bertz CT molecular complexity index is 1040. The summed E-state index contributed by atoms with van der Waals surface area (Å²) in [5.74, 6) is -1.73. The molecule has 0 fully saturated rings. The number of halogens is 1. The molecule has 2 aromatic rings. The number of carbonyl (C=O) groups excluding carboxylic acids is 3. The van der Waals surface area contributed by atoms with Crippen LogP contribution < -0.4 is 10.6 Å². The number of fused-ring (bicyclic) bond motifs is 1. The summed E-state index contributed by atoms with van der Waals surface area (Å²) in [4.78, 5) is 47.4. The predicted octanol–water partition coefficient (Wildman–Crippen LogP) is 3.54. The van der Waals surface area contributed by atoms with Crippen LogP contribution in [0, 0.1) is 17.0 Å². The van der Waals surface area contributed by atoms with Gasteiger partial charge in [-0.2, -0.15) is 0 Å². The molecule has 0 bridgehead atoms. The highest BCUT2D eigenvalue weighted by Gasteiger charge is 2.30. The van der Waals surface area contributed by atoms with Crippen molar-refractivity contribution in [3.63, 3.8) is 0 Å². The van der Waals surface area contributed by atoms with Crippen molar-refractivity contribution < 1.29 is 24.0 Å². The third-order valence-electron chi connectivity index (χ3n) is 4.17. The van der Waals surface area contributed by atoms with Crippen LogP contribution in [0.4, 0.5) is 17.1 Å². The maximum atomic E-state index is 12.2. The van der Waals surface area contributed by atoms with E-state index in [1.54, 1.807) is 25.1 Å². The first-order chi connectivity index (χ1) is 14.2. The minimum atomic E-state index is -0.717. The van der Waals surface area contributed by atoms with Crippen LogP contribution in [0.1, 0.15) is 12.0 Å². The first-order valence-corrected chi connectivity index (χ1v) is 9.96. The molecule has 0 saturated carbocycles. The third kappa shape index (κ3) is 5.28. The molecule has 1 unspecified atom stereocenters. The zero-order valence-corrected chi connectivity index (χ0v) is 17.2. The number of amides is 2. The van der Waals surface area contributed by atoms with Crippen molar-refractivity contribution in [2.45, 2.75) is 23.5 Å². The number of hydrogen-bond acceptors (Lipinski definition) is 7. The van der Waals surface area contributed by atoms with Gasteiger partial charge in [0.2, 0.25) is 5.91 Å². The van der Waals surface area contributed by atoms with Crippen LogP contribution in [0.15, 0.2) is 41.3 Å². The van der Waals surface area contributed by atoms with Crippen LogP contribution in [0.3, 0.4) is 0 Å². The summed E-state index contributed by atoms with van der Waals surface area (Å²) < 4.78 is 4.94. The maximum Gasteiger partial charge on any atom is 0.307 e. The number of ether oxygens (including phenoxy) is 1. The number of nitrogens with zero attached hydrogens (tertiary/aromatic N) is 1. The van der Waals surface area contributed by atoms with E-state index in [0.29, 0.717) is 16.3 Å². The van der Waals surface area contributed by atoms with E-state index in [1.165, 1.54) is 30.0 Å². The fourth-order valence-corrected chi connectivity index (χ4v) is 3.94. The molecule has 0 aromatic heterocycles. The zero-order valence-electron chi connectivity index (χ0n) is 15.6.